The third-order valence-electron chi connectivity index (χ3n) is 2.62. The minimum Gasteiger partial charge on any atom is -0.383 e. The number of aryl methyl sites for hydroxylation is 1. The molecule has 0 unspecified atom stereocenters. The van der Waals surface area contributed by atoms with E-state index in [4.69, 9.17) is 0 Å². The van der Waals surface area contributed by atoms with Gasteiger partial charge in [-0.15, -0.1) is 11.3 Å². The molecule has 106 valence electrons. The van der Waals surface area contributed by atoms with Crippen LogP contribution >= 0.6 is 11.3 Å². The van der Waals surface area contributed by atoms with Crippen molar-refractivity contribution in [3.05, 3.63) is 45.4 Å². The smallest absolute Gasteiger partial charge is 0.251 e. The summed E-state index contributed by atoms with van der Waals surface area (Å²) >= 11 is 1.45. The minimum atomic E-state index is -0.803. The van der Waals surface area contributed by atoms with E-state index in [0.29, 0.717) is 0 Å². The van der Waals surface area contributed by atoms with Crippen molar-refractivity contribution in [2.45, 2.75) is 13.5 Å². The van der Waals surface area contributed by atoms with E-state index in [0.717, 1.165) is 22.0 Å². The highest BCUT2D eigenvalue weighted by Gasteiger charge is 2.14. The molecule has 0 fully saturated rings. The molecule has 0 atom stereocenters. The highest BCUT2D eigenvalue weighted by molar-refractivity contribution is 7.11. The van der Waals surface area contributed by atoms with E-state index < -0.39 is 17.5 Å². The summed E-state index contributed by atoms with van der Waals surface area (Å²) in [4.78, 5) is 17.0. The number of halogens is 2. The molecule has 2 N–H and O–H groups in total. The lowest BCUT2D eigenvalue weighted by Crippen LogP contribution is -2.23. The average Bonchev–Trinajstić information content (AvgIpc) is 2.81. The van der Waals surface area contributed by atoms with Crippen molar-refractivity contribution in [2.75, 3.05) is 12.4 Å². The van der Waals surface area contributed by atoms with Crippen molar-refractivity contribution in [1.29, 1.82) is 0 Å². The number of benzene rings is 1. The molecule has 7 heteroatoms. The average molecular weight is 297 g/mol. The van der Waals surface area contributed by atoms with Crippen molar-refractivity contribution < 1.29 is 13.6 Å². The number of nitrogens with one attached hydrogen (secondary N) is 2. The fraction of sp³-hybridized carbons (Fsp3) is 0.231. The first-order valence-corrected chi connectivity index (χ1v) is 6.69. The van der Waals surface area contributed by atoms with Gasteiger partial charge < -0.3 is 10.6 Å². The summed E-state index contributed by atoms with van der Waals surface area (Å²) < 4.78 is 27.1. The summed E-state index contributed by atoms with van der Waals surface area (Å²) in [5.41, 5.74) is -0.315. The quantitative estimate of drug-likeness (QED) is 0.912. The molecule has 0 bridgehead atoms. The molecule has 1 aromatic heterocycles. The van der Waals surface area contributed by atoms with Crippen LogP contribution in [0.15, 0.2) is 18.3 Å². The Labute approximate surface area is 118 Å². The van der Waals surface area contributed by atoms with E-state index in [-0.39, 0.29) is 17.8 Å². The predicted molar refractivity (Wildman–Crippen MR) is 73.9 cm³/mol. The zero-order valence-electron chi connectivity index (χ0n) is 11.0. The molecule has 2 rings (SSSR count). The number of carbonyl (C=O) groups is 1. The maximum absolute atomic E-state index is 13.5. The first-order chi connectivity index (χ1) is 9.51. The van der Waals surface area contributed by atoms with Crippen LogP contribution in [0.2, 0.25) is 0 Å². The van der Waals surface area contributed by atoms with Crippen molar-refractivity contribution >= 4 is 22.9 Å². The number of hydrogen-bond donors (Lipinski definition) is 2. The molecule has 0 aliphatic heterocycles. The van der Waals surface area contributed by atoms with E-state index >= 15 is 0 Å². The third kappa shape index (κ3) is 3.11. The lowest BCUT2D eigenvalue weighted by atomic mass is 10.1. The SMILES string of the molecule is CNc1c(F)cc(C(=O)NCc2ncc(C)s2)cc1F. The zero-order valence-corrected chi connectivity index (χ0v) is 11.8. The number of thiazole rings is 1. The van der Waals surface area contributed by atoms with E-state index in [1.807, 2.05) is 6.92 Å². The fourth-order valence-electron chi connectivity index (χ4n) is 1.68. The van der Waals surface area contributed by atoms with Crippen LogP contribution in [0.3, 0.4) is 0 Å². The molecular weight excluding hydrogens is 284 g/mol. The normalized spacial score (nSPS) is 10.4. The van der Waals surface area contributed by atoms with Gasteiger partial charge in [-0.05, 0) is 19.1 Å². The Morgan fingerprint density at radius 3 is 2.50 bits per heavy atom. The molecule has 1 amide bonds. The first-order valence-electron chi connectivity index (χ1n) is 5.87. The van der Waals surface area contributed by atoms with E-state index in [9.17, 15) is 13.6 Å². The van der Waals surface area contributed by atoms with Crippen LogP contribution in [-0.4, -0.2) is 17.9 Å². The third-order valence-corrected chi connectivity index (χ3v) is 3.54. The highest BCUT2D eigenvalue weighted by atomic mass is 32.1. The lowest BCUT2D eigenvalue weighted by molar-refractivity contribution is 0.0950. The second kappa shape index (κ2) is 5.96. The van der Waals surface area contributed by atoms with Gasteiger partial charge in [0, 0.05) is 23.7 Å². The number of carbonyl (C=O) groups excluding carboxylic acids is 1. The second-order valence-corrected chi connectivity index (χ2v) is 5.43. The number of anilines is 1. The summed E-state index contributed by atoms with van der Waals surface area (Å²) in [6.07, 6.45) is 1.70. The molecule has 0 aliphatic carbocycles. The molecular formula is C13H13F2N3OS. The van der Waals surface area contributed by atoms with Gasteiger partial charge in [-0.3, -0.25) is 4.79 Å². The van der Waals surface area contributed by atoms with Gasteiger partial charge in [-0.25, -0.2) is 13.8 Å². The largest absolute Gasteiger partial charge is 0.383 e. The van der Waals surface area contributed by atoms with Crippen LogP contribution in [0.4, 0.5) is 14.5 Å². The van der Waals surface area contributed by atoms with E-state index in [1.54, 1.807) is 6.20 Å². The lowest BCUT2D eigenvalue weighted by Gasteiger charge is -2.07. The number of aromatic nitrogens is 1. The molecule has 0 spiro atoms. The number of nitrogens with zero attached hydrogens (tertiary/aromatic N) is 1. The molecule has 20 heavy (non-hydrogen) atoms. The highest BCUT2D eigenvalue weighted by Crippen LogP contribution is 2.20. The van der Waals surface area contributed by atoms with Crippen LogP contribution < -0.4 is 10.6 Å². The Bertz CT molecular complexity index is 619. The Balaban J connectivity index is 2.09. The molecule has 0 radical (unpaired) electrons. The summed E-state index contributed by atoms with van der Waals surface area (Å²) in [6.45, 7) is 2.14. The van der Waals surface area contributed by atoms with Crippen molar-refractivity contribution in [3.63, 3.8) is 0 Å². The van der Waals surface area contributed by atoms with Crippen molar-refractivity contribution in [1.82, 2.24) is 10.3 Å². The van der Waals surface area contributed by atoms with Gasteiger partial charge in [0.25, 0.3) is 5.91 Å². The van der Waals surface area contributed by atoms with Crippen LogP contribution in [0.5, 0.6) is 0 Å². The standard InChI is InChI=1S/C13H13F2N3OS/c1-7-5-17-11(20-7)6-18-13(19)8-3-9(14)12(16-2)10(15)4-8/h3-5,16H,6H2,1-2H3,(H,18,19). The van der Waals surface area contributed by atoms with Gasteiger partial charge in [-0.1, -0.05) is 0 Å². The van der Waals surface area contributed by atoms with Gasteiger partial charge >= 0.3 is 0 Å². The molecule has 0 aliphatic rings. The number of amides is 1. The first kappa shape index (κ1) is 14.4. The fourth-order valence-corrected chi connectivity index (χ4v) is 2.41. The monoisotopic (exact) mass is 297 g/mol. The molecule has 2 aromatic rings. The van der Waals surface area contributed by atoms with Gasteiger partial charge in [-0.2, -0.15) is 0 Å². The second-order valence-electron chi connectivity index (χ2n) is 4.11. The van der Waals surface area contributed by atoms with Gasteiger partial charge in [0.2, 0.25) is 0 Å². The predicted octanol–water partition coefficient (Wildman–Crippen LogP) is 2.70. The van der Waals surface area contributed by atoms with Gasteiger partial charge in [0.1, 0.15) is 22.3 Å². The molecule has 4 nitrogen and oxygen atoms in total. The zero-order chi connectivity index (χ0) is 14.7. The Kier molecular flexibility index (Phi) is 4.29. The Morgan fingerprint density at radius 1 is 1.35 bits per heavy atom. The van der Waals surface area contributed by atoms with Crippen molar-refractivity contribution in [2.24, 2.45) is 0 Å². The van der Waals surface area contributed by atoms with Gasteiger partial charge in [0.15, 0.2) is 0 Å². The maximum Gasteiger partial charge on any atom is 0.251 e. The topological polar surface area (TPSA) is 54.0 Å². The Morgan fingerprint density at radius 2 is 2.00 bits per heavy atom. The minimum absolute atomic E-state index is 0.0627. The molecule has 0 saturated heterocycles. The van der Waals surface area contributed by atoms with E-state index in [2.05, 4.69) is 15.6 Å². The summed E-state index contributed by atoms with van der Waals surface area (Å²) in [6, 6.07) is 1.99. The summed E-state index contributed by atoms with van der Waals surface area (Å²) in [5.74, 6) is -2.15. The number of rotatable bonds is 4. The van der Waals surface area contributed by atoms with Crippen LogP contribution in [0, 0.1) is 18.6 Å². The molecule has 0 saturated carbocycles. The van der Waals surface area contributed by atoms with Crippen LogP contribution in [-0.2, 0) is 6.54 Å². The molecule has 1 heterocycles. The van der Waals surface area contributed by atoms with Gasteiger partial charge in [0.05, 0.1) is 6.54 Å². The van der Waals surface area contributed by atoms with Crippen molar-refractivity contribution in [3.8, 4) is 0 Å². The Hall–Kier alpha value is -2.02. The molecule has 1 aromatic carbocycles. The summed E-state index contributed by atoms with van der Waals surface area (Å²) in [7, 11) is 1.41. The van der Waals surface area contributed by atoms with Crippen LogP contribution in [0.25, 0.3) is 0 Å². The van der Waals surface area contributed by atoms with Crippen LogP contribution in [0.1, 0.15) is 20.2 Å². The summed E-state index contributed by atoms with van der Waals surface area (Å²) in [5, 5.41) is 5.72. The number of hydrogen-bond acceptors (Lipinski definition) is 4. The van der Waals surface area contributed by atoms with E-state index in [1.165, 1.54) is 18.4 Å². The maximum atomic E-state index is 13.5.